The van der Waals surface area contributed by atoms with Crippen LogP contribution in [0.15, 0.2) is 42.6 Å². The quantitative estimate of drug-likeness (QED) is 0.791. The van der Waals surface area contributed by atoms with Gasteiger partial charge in [-0.1, -0.05) is 6.07 Å². The smallest absolute Gasteiger partial charge is 0.322 e. The van der Waals surface area contributed by atoms with Crippen molar-refractivity contribution in [3.63, 3.8) is 0 Å². The summed E-state index contributed by atoms with van der Waals surface area (Å²) in [6, 6.07) is 9.73. The summed E-state index contributed by atoms with van der Waals surface area (Å²) in [5, 5.41) is 2.98. The van der Waals surface area contributed by atoms with Gasteiger partial charge in [0, 0.05) is 43.6 Å². The first kappa shape index (κ1) is 23.9. The number of rotatable bonds is 4. The van der Waals surface area contributed by atoms with E-state index in [2.05, 4.69) is 27.1 Å². The van der Waals surface area contributed by atoms with E-state index in [0.29, 0.717) is 12.2 Å². The summed E-state index contributed by atoms with van der Waals surface area (Å²) in [4.78, 5) is 23.7. The zero-order valence-electron chi connectivity index (χ0n) is 18.1. The van der Waals surface area contributed by atoms with Gasteiger partial charge in [0.1, 0.15) is 11.6 Å². The molecule has 1 N–H and O–H groups in total. The molecule has 164 valence electrons. The minimum atomic E-state index is -0.376. The van der Waals surface area contributed by atoms with Gasteiger partial charge in [0.15, 0.2) is 0 Å². The van der Waals surface area contributed by atoms with Crippen molar-refractivity contribution < 1.29 is 9.18 Å². The van der Waals surface area contributed by atoms with Crippen LogP contribution in [0, 0.1) is 5.82 Å². The molecule has 3 rings (SSSR count). The average Bonchev–Trinajstić information content (AvgIpc) is 2.67. The fourth-order valence-electron chi connectivity index (χ4n) is 3.21. The van der Waals surface area contributed by atoms with Gasteiger partial charge in [-0.25, -0.2) is 14.2 Å². The molecule has 0 aliphatic carbocycles. The lowest BCUT2D eigenvalue weighted by Crippen LogP contribution is -2.48. The zero-order chi connectivity index (χ0) is 21.0. The fraction of sp³-hybridized carbons (Fsp3) is 0.455. The molecule has 1 fully saturated rings. The Labute approximate surface area is 184 Å². The van der Waals surface area contributed by atoms with Gasteiger partial charge in [0.25, 0.3) is 0 Å². The molecule has 0 bridgehead atoms. The van der Waals surface area contributed by atoms with Crippen molar-refractivity contribution in [3.05, 3.63) is 54.0 Å². The van der Waals surface area contributed by atoms with E-state index in [0.717, 1.165) is 37.6 Å². The topological polar surface area (TPSA) is 51.7 Å². The van der Waals surface area contributed by atoms with Crippen molar-refractivity contribution >= 4 is 29.9 Å². The van der Waals surface area contributed by atoms with Gasteiger partial charge in [0.2, 0.25) is 0 Å². The first-order valence-corrected chi connectivity index (χ1v) is 9.95. The first-order chi connectivity index (χ1) is 13.7. The van der Waals surface area contributed by atoms with Gasteiger partial charge in [-0.2, -0.15) is 0 Å². The molecule has 30 heavy (non-hydrogen) atoms. The number of piperazine rings is 1. The number of likely N-dealkylation sites (N-methyl/N-ethyl adjacent to an activating group) is 1. The molecular weight excluding hydrogens is 405 g/mol. The van der Waals surface area contributed by atoms with E-state index < -0.39 is 0 Å². The SMILES string of the molecule is CN1CCN(c2ccc(CN(C(=O)NC(C)(C)C)c3ccc(F)cc3)cn2)CC1.Cl. The molecule has 0 saturated carbocycles. The van der Waals surface area contributed by atoms with Crippen molar-refractivity contribution in [1.82, 2.24) is 15.2 Å². The van der Waals surface area contributed by atoms with Crippen LogP contribution in [0.2, 0.25) is 0 Å². The number of urea groups is 1. The van der Waals surface area contributed by atoms with E-state index in [1.165, 1.54) is 12.1 Å². The van der Waals surface area contributed by atoms with Gasteiger partial charge in [-0.05, 0) is 63.7 Å². The number of nitrogens with zero attached hydrogens (tertiary/aromatic N) is 4. The summed E-state index contributed by atoms with van der Waals surface area (Å²) in [5.41, 5.74) is 1.17. The van der Waals surface area contributed by atoms with E-state index in [1.54, 1.807) is 17.0 Å². The minimum absolute atomic E-state index is 0. The van der Waals surface area contributed by atoms with E-state index >= 15 is 0 Å². The Balaban J connectivity index is 0.00000320. The number of hydrogen-bond donors (Lipinski definition) is 1. The number of aromatic nitrogens is 1. The monoisotopic (exact) mass is 435 g/mol. The van der Waals surface area contributed by atoms with Gasteiger partial charge < -0.3 is 15.1 Å². The highest BCUT2D eigenvalue weighted by Crippen LogP contribution is 2.20. The maximum atomic E-state index is 13.4. The van der Waals surface area contributed by atoms with Crippen LogP contribution < -0.4 is 15.1 Å². The average molecular weight is 436 g/mol. The fourth-order valence-corrected chi connectivity index (χ4v) is 3.21. The van der Waals surface area contributed by atoms with Crippen molar-refractivity contribution in [3.8, 4) is 0 Å². The zero-order valence-corrected chi connectivity index (χ0v) is 18.9. The highest BCUT2D eigenvalue weighted by Gasteiger charge is 2.22. The number of halogens is 2. The lowest BCUT2D eigenvalue weighted by Gasteiger charge is -2.33. The molecule has 1 aliphatic rings. The second kappa shape index (κ2) is 10.1. The summed E-state index contributed by atoms with van der Waals surface area (Å²) >= 11 is 0. The maximum Gasteiger partial charge on any atom is 0.322 e. The van der Waals surface area contributed by atoms with Crippen LogP contribution in [-0.4, -0.2) is 54.7 Å². The second-order valence-corrected chi connectivity index (χ2v) is 8.56. The Bertz CT molecular complexity index is 815. The van der Waals surface area contributed by atoms with Crippen LogP contribution >= 0.6 is 12.4 Å². The Kier molecular flexibility index (Phi) is 8.03. The lowest BCUT2D eigenvalue weighted by molar-refractivity contribution is 0.237. The molecule has 6 nitrogen and oxygen atoms in total. The van der Waals surface area contributed by atoms with Crippen LogP contribution in [0.3, 0.4) is 0 Å². The predicted octanol–water partition coefficient (Wildman–Crippen LogP) is 3.91. The molecule has 0 radical (unpaired) electrons. The molecule has 2 amide bonds. The molecule has 1 aromatic carbocycles. The third-order valence-electron chi connectivity index (χ3n) is 4.84. The Hall–Kier alpha value is -2.38. The Morgan fingerprint density at radius 3 is 2.27 bits per heavy atom. The number of amides is 2. The number of benzene rings is 1. The summed E-state index contributed by atoms with van der Waals surface area (Å²) in [6.07, 6.45) is 1.81. The van der Waals surface area contributed by atoms with E-state index in [9.17, 15) is 9.18 Å². The van der Waals surface area contributed by atoms with Crippen molar-refractivity contribution in [2.45, 2.75) is 32.9 Å². The van der Waals surface area contributed by atoms with Crippen LogP contribution in [0.25, 0.3) is 0 Å². The van der Waals surface area contributed by atoms with Gasteiger partial charge in [-0.3, -0.25) is 4.90 Å². The third kappa shape index (κ3) is 6.57. The Morgan fingerprint density at radius 2 is 1.73 bits per heavy atom. The van der Waals surface area contributed by atoms with Gasteiger partial charge in [-0.15, -0.1) is 12.4 Å². The molecule has 8 heteroatoms. The largest absolute Gasteiger partial charge is 0.354 e. The molecule has 1 saturated heterocycles. The molecule has 2 aromatic rings. The second-order valence-electron chi connectivity index (χ2n) is 8.56. The van der Waals surface area contributed by atoms with Gasteiger partial charge in [0.05, 0.1) is 6.54 Å². The first-order valence-electron chi connectivity index (χ1n) is 9.95. The van der Waals surface area contributed by atoms with Crippen molar-refractivity contribution in [2.24, 2.45) is 0 Å². The van der Waals surface area contributed by atoms with Crippen LogP contribution in [-0.2, 0) is 6.54 Å². The summed E-state index contributed by atoms with van der Waals surface area (Å²) in [7, 11) is 2.13. The van der Waals surface area contributed by atoms with E-state index in [4.69, 9.17) is 0 Å². The summed E-state index contributed by atoms with van der Waals surface area (Å²) in [6.45, 7) is 10.1. The van der Waals surface area contributed by atoms with Crippen LogP contribution in [0.1, 0.15) is 26.3 Å². The molecule has 2 heterocycles. The molecule has 0 atom stereocenters. The number of carbonyl (C=O) groups excluding carboxylic acids is 1. The highest BCUT2D eigenvalue weighted by molar-refractivity contribution is 5.92. The summed E-state index contributed by atoms with van der Waals surface area (Å²) in [5.74, 6) is 0.623. The van der Waals surface area contributed by atoms with Crippen LogP contribution in [0.4, 0.5) is 20.7 Å². The minimum Gasteiger partial charge on any atom is -0.354 e. The molecule has 0 unspecified atom stereocenters. The normalized spacial score (nSPS) is 14.8. The number of nitrogens with one attached hydrogen (secondary N) is 1. The lowest BCUT2D eigenvalue weighted by atomic mass is 10.1. The third-order valence-corrected chi connectivity index (χ3v) is 4.84. The van der Waals surface area contributed by atoms with Crippen molar-refractivity contribution in [1.29, 1.82) is 0 Å². The number of carbonyl (C=O) groups is 1. The molecule has 1 aromatic heterocycles. The Morgan fingerprint density at radius 1 is 1.10 bits per heavy atom. The maximum absolute atomic E-state index is 13.4. The number of hydrogen-bond acceptors (Lipinski definition) is 4. The summed E-state index contributed by atoms with van der Waals surface area (Å²) < 4.78 is 13.4. The predicted molar refractivity (Wildman–Crippen MR) is 122 cm³/mol. The standard InChI is InChI=1S/C22H30FN5O.ClH/c1-22(2,3)25-21(29)28(19-8-6-18(23)7-9-19)16-17-5-10-20(24-15-17)27-13-11-26(4)12-14-27;/h5-10,15H,11-14,16H2,1-4H3,(H,25,29);1H. The van der Waals surface area contributed by atoms with E-state index in [-0.39, 0.29) is 29.8 Å². The highest BCUT2D eigenvalue weighted by atomic mass is 35.5. The molecular formula is C22H31ClFN5O. The number of pyridine rings is 1. The van der Waals surface area contributed by atoms with Crippen molar-refractivity contribution in [2.75, 3.05) is 43.0 Å². The van der Waals surface area contributed by atoms with E-state index in [1.807, 2.05) is 39.1 Å². The number of anilines is 2. The molecule has 1 aliphatic heterocycles. The molecule has 0 spiro atoms. The van der Waals surface area contributed by atoms with Crippen LogP contribution in [0.5, 0.6) is 0 Å². The van der Waals surface area contributed by atoms with Gasteiger partial charge >= 0.3 is 6.03 Å².